The standard InChI is InChI=1S/C16H16O2/c1-9-6-5-7-12-13(9)11(3)14-10(2)8-18-16(14)15(12)17-4/h5-8H,1-4H3. The van der Waals surface area contributed by atoms with E-state index in [1.165, 1.54) is 21.9 Å². The second-order valence-corrected chi connectivity index (χ2v) is 4.78. The van der Waals surface area contributed by atoms with Gasteiger partial charge in [-0.25, -0.2) is 0 Å². The van der Waals surface area contributed by atoms with E-state index in [2.05, 4.69) is 39.0 Å². The third-order valence-electron chi connectivity index (χ3n) is 3.65. The molecule has 0 saturated carbocycles. The van der Waals surface area contributed by atoms with Crippen molar-refractivity contribution in [2.24, 2.45) is 0 Å². The second-order valence-electron chi connectivity index (χ2n) is 4.78. The van der Waals surface area contributed by atoms with Crippen molar-refractivity contribution in [2.75, 3.05) is 7.11 Å². The Morgan fingerprint density at radius 2 is 1.78 bits per heavy atom. The fourth-order valence-electron chi connectivity index (χ4n) is 2.88. The van der Waals surface area contributed by atoms with Gasteiger partial charge in [-0.1, -0.05) is 18.2 Å². The van der Waals surface area contributed by atoms with E-state index in [1.54, 1.807) is 13.4 Å². The van der Waals surface area contributed by atoms with Crippen LogP contribution in [0.25, 0.3) is 21.7 Å². The monoisotopic (exact) mass is 240 g/mol. The van der Waals surface area contributed by atoms with Crippen LogP contribution in [0, 0.1) is 20.8 Å². The highest BCUT2D eigenvalue weighted by atomic mass is 16.5. The number of methoxy groups -OCH3 is 1. The first-order valence-electron chi connectivity index (χ1n) is 6.08. The summed E-state index contributed by atoms with van der Waals surface area (Å²) in [6.07, 6.45) is 1.80. The first-order valence-corrected chi connectivity index (χ1v) is 6.08. The van der Waals surface area contributed by atoms with Crippen LogP contribution >= 0.6 is 0 Å². The van der Waals surface area contributed by atoms with Crippen LogP contribution in [0.1, 0.15) is 16.7 Å². The van der Waals surface area contributed by atoms with Crippen molar-refractivity contribution >= 4 is 21.7 Å². The lowest BCUT2D eigenvalue weighted by Crippen LogP contribution is -1.91. The summed E-state index contributed by atoms with van der Waals surface area (Å²) >= 11 is 0. The summed E-state index contributed by atoms with van der Waals surface area (Å²) in [6.45, 7) is 6.36. The molecule has 0 fully saturated rings. The fourth-order valence-corrected chi connectivity index (χ4v) is 2.88. The fraction of sp³-hybridized carbons (Fsp3) is 0.250. The van der Waals surface area contributed by atoms with Crippen LogP contribution in [0.4, 0.5) is 0 Å². The number of ether oxygens (including phenoxy) is 1. The quantitative estimate of drug-likeness (QED) is 0.624. The van der Waals surface area contributed by atoms with Gasteiger partial charge in [0.25, 0.3) is 0 Å². The van der Waals surface area contributed by atoms with E-state index >= 15 is 0 Å². The Labute approximate surface area is 106 Å². The van der Waals surface area contributed by atoms with Crippen molar-refractivity contribution in [1.82, 2.24) is 0 Å². The minimum absolute atomic E-state index is 0.836. The zero-order valence-electron chi connectivity index (χ0n) is 11.1. The predicted molar refractivity (Wildman–Crippen MR) is 74.5 cm³/mol. The molecule has 0 radical (unpaired) electrons. The third kappa shape index (κ3) is 1.29. The molecule has 3 rings (SSSR count). The number of benzene rings is 2. The molecule has 3 aromatic rings. The molecule has 18 heavy (non-hydrogen) atoms. The molecule has 0 aliphatic carbocycles. The van der Waals surface area contributed by atoms with Gasteiger partial charge < -0.3 is 9.15 Å². The average molecular weight is 240 g/mol. The summed E-state index contributed by atoms with van der Waals surface area (Å²) in [4.78, 5) is 0. The van der Waals surface area contributed by atoms with Gasteiger partial charge in [-0.2, -0.15) is 0 Å². The molecular weight excluding hydrogens is 224 g/mol. The normalized spacial score (nSPS) is 11.3. The molecular formula is C16H16O2. The lowest BCUT2D eigenvalue weighted by molar-refractivity contribution is 0.415. The van der Waals surface area contributed by atoms with Crippen molar-refractivity contribution in [3.8, 4) is 5.75 Å². The number of fused-ring (bicyclic) bond motifs is 2. The minimum atomic E-state index is 0.836. The Balaban J connectivity index is 2.68. The lowest BCUT2D eigenvalue weighted by Gasteiger charge is -2.12. The Bertz CT molecular complexity index is 751. The maximum Gasteiger partial charge on any atom is 0.176 e. The van der Waals surface area contributed by atoms with Crippen LogP contribution in [-0.4, -0.2) is 7.11 Å². The Morgan fingerprint density at radius 3 is 2.50 bits per heavy atom. The zero-order valence-corrected chi connectivity index (χ0v) is 11.1. The van der Waals surface area contributed by atoms with Gasteiger partial charge in [0.1, 0.15) is 0 Å². The molecule has 1 heterocycles. The molecule has 0 aliphatic heterocycles. The molecule has 0 N–H and O–H groups in total. The minimum Gasteiger partial charge on any atom is -0.492 e. The molecule has 2 heteroatoms. The van der Waals surface area contributed by atoms with Gasteiger partial charge in [0.05, 0.1) is 13.4 Å². The summed E-state index contributed by atoms with van der Waals surface area (Å²) in [5, 5.41) is 3.57. The van der Waals surface area contributed by atoms with Gasteiger partial charge in [0.2, 0.25) is 0 Å². The van der Waals surface area contributed by atoms with Crippen LogP contribution in [0.2, 0.25) is 0 Å². The first kappa shape index (κ1) is 11.1. The maximum atomic E-state index is 5.67. The van der Waals surface area contributed by atoms with Crippen molar-refractivity contribution < 1.29 is 9.15 Å². The molecule has 0 atom stereocenters. The van der Waals surface area contributed by atoms with Crippen molar-refractivity contribution in [2.45, 2.75) is 20.8 Å². The highest BCUT2D eigenvalue weighted by Gasteiger charge is 2.17. The van der Waals surface area contributed by atoms with Crippen LogP contribution in [0.5, 0.6) is 5.75 Å². The summed E-state index contributed by atoms with van der Waals surface area (Å²) < 4.78 is 11.2. The van der Waals surface area contributed by atoms with Crippen molar-refractivity contribution in [3.05, 3.63) is 41.2 Å². The molecule has 2 nitrogen and oxygen atoms in total. The Morgan fingerprint density at radius 1 is 1.00 bits per heavy atom. The molecule has 1 aromatic heterocycles. The molecule has 0 unspecified atom stereocenters. The molecule has 0 saturated heterocycles. The smallest absolute Gasteiger partial charge is 0.176 e. The van der Waals surface area contributed by atoms with Gasteiger partial charge in [-0.3, -0.25) is 0 Å². The highest BCUT2D eigenvalue weighted by molar-refractivity contribution is 6.08. The summed E-state index contributed by atoms with van der Waals surface area (Å²) in [5.74, 6) is 0.836. The summed E-state index contributed by atoms with van der Waals surface area (Å²) in [7, 11) is 1.70. The van der Waals surface area contributed by atoms with E-state index in [9.17, 15) is 0 Å². The van der Waals surface area contributed by atoms with Gasteiger partial charge in [0.15, 0.2) is 11.3 Å². The van der Waals surface area contributed by atoms with Gasteiger partial charge in [0, 0.05) is 10.8 Å². The van der Waals surface area contributed by atoms with Crippen LogP contribution < -0.4 is 4.74 Å². The van der Waals surface area contributed by atoms with Gasteiger partial charge in [-0.05, 0) is 42.8 Å². The number of hydrogen-bond acceptors (Lipinski definition) is 2. The van der Waals surface area contributed by atoms with Crippen LogP contribution in [0.15, 0.2) is 28.9 Å². The number of hydrogen-bond donors (Lipinski definition) is 0. The van der Waals surface area contributed by atoms with E-state index in [0.29, 0.717) is 0 Å². The van der Waals surface area contributed by atoms with Gasteiger partial charge >= 0.3 is 0 Å². The van der Waals surface area contributed by atoms with E-state index < -0.39 is 0 Å². The zero-order chi connectivity index (χ0) is 12.9. The van der Waals surface area contributed by atoms with Crippen molar-refractivity contribution in [3.63, 3.8) is 0 Å². The number of rotatable bonds is 1. The molecule has 92 valence electrons. The highest BCUT2D eigenvalue weighted by Crippen LogP contribution is 2.41. The molecule has 2 aromatic carbocycles. The first-order chi connectivity index (χ1) is 8.65. The van der Waals surface area contributed by atoms with E-state index in [4.69, 9.17) is 9.15 Å². The van der Waals surface area contributed by atoms with E-state index in [0.717, 1.165) is 22.3 Å². The molecule has 0 spiro atoms. The topological polar surface area (TPSA) is 22.4 Å². The molecule has 0 amide bonds. The van der Waals surface area contributed by atoms with Crippen LogP contribution in [-0.2, 0) is 0 Å². The Hall–Kier alpha value is -1.96. The molecule has 0 bridgehead atoms. The third-order valence-corrected chi connectivity index (χ3v) is 3.65. The lowest BCUT2D eigenvalue weighted by atomic mass is 9.95. The molecule has 0 aliphatic rings. The van der Waals surface area contributed by atoms with Gasteiger partial charge in [-0.15, -0.1) is 0 Å². The van der Waals surface area contributed by atoms with Crippen molar-refractivity contribution in [1.29, 1.82) is 0 Å². The maximum absolute atomic E-state index is 5.67. The van der Waals surface area contributed by atoms with E-state index in [1.807, 2.05) is 0 Å². The summed E-state index contributed by atoms with van der Waals surface area (Å²) in [5.41, 5.74) is 4.55. The van der Waals surface area contributed by atoms with E-state index in [-0.39, 0.29) is 0 Å². The number of furan rings is 1. The average Bonchev–Trinajstić information content (AvgIpc) is 2.72. The SMILES string of the molecule is COc1c2cccc(C)c2c(C)c2c(C)coc12. The predicted octanol–water partition coefficient (Wildman–Crippen LogP) is 4.52. The summed E-state index contributed by atoms with van der Waals surface area (Å²) in [6, 6.07) is 6.28. The largest absolute Gasteiger partial charge is 0.492 e. The number of aryl methyl sites for hydroxylation is 3. The second kappa shape index (κ2) is 3.77. The Kier molecular flexibility index (Phi) is 2.34. The van der Waals surface area contributed by atoms with Crippen LogP contribution in [0.3, 0.4) is 0 Å².